The van der Waals surface area contributed by atoms with Crippen LogP contribution in [0, 0.1) is 11.3 Å². The van der Waals surface area contributed by atoms with E-state index in [0.29, 0.717) is 5.92 Å². The molecule has 0 radical (unpaired) electrons. The van der Waals surface area contributed by atoms with E-state index in [9.17, 15) is 9.59 Å². The molecular formula is C10H17NO3. The maximum Gasteiger partial charge on any atom is 0.311 e. The zero-order valence-electron chi connectivity index (χ0n) is 8.83. The van der Waals surface area contributed by atoms with Crippen molar-refractivity contribution in [1.82, 2.24) is 5.32 Å². The van der Waals surface area contributed by atoms with Gasteiger partial charge in [0.25, 0.3) is 0 Å². The van der Waals surface area contributed by atoms with Crippen LogP contribution in [0.5, 0.6) is 0 Å². The van der Waals surface area contributed by atoms with Gasteiger partial charge >= 0.3 is 5.97 Å². The molecule has 0 heterocycles. The molecule has 0 aromatic carbocycles. The first-order chi connectivity index (χ1) is 6.35. The number of hydrogen-bond acceptors (Lipinski definition) is 2. The number of rotatable bonds is 4. The second kappa shape index (κ2) is 3.59. The zero-order valence-corrected chi connectivity index (χ0v) is 8.83. The second-order valence-corrected chi connectivity index (χ2v) is 4.54. The molecule has 1 amide bonds. The average molecular weight is 199 g/mol. The van der Waals surface area contributed by atoms with Crippen LogP contribution in [-0.2, 0) is 9.59 Å². The molecule has 2 N–H and O–H groups in total. The normalized spacial score (nSPS) is 18.8. The lowest BCUT2D eigenvalue weighted by Crippen LogP contribution is -2.49. The van der Waals surface area contributed by atoms with Gasteiger partial charge < -0.3 is 10.4 Å². The summed E-state index contributed by atoms with van der Waals surface area (Å²) in [5.41, 5.74) is -0.882. The van der Waals surface area contributed by atoms with E-state index in [2.05, 4.69) is 5.32 Å². The molecular weight excluding hydrogens is 182 g/mol. The van der Waals surface area contributed by atoms with Crippen LogP contribution in [0.2, 0.25) is 0 Å². The van der Waals surface area contributed by atoms with E-state index in [1.807, 2.05) is 0 Å². The molecule has 0 aromatic heterocycles. The molecule has 0 aromatic rings. The van der Waals surface area contributed by atoms with Crippen molar-refractivity contribution < 1.29 is 14.7 Å². The van der Waals surface area contributed by atoms with Gasteiger partial charge in [0, 0.05) is 13.0 Å². The van der Waals surface area contributed by atoms with Gasteiger partial charge in [-0.05, 0) is 32.6 Å². The van der Waals surface area contributed by atoms with Crippen molar-refractivity contribution >= 4 is 11.9 Å². The number of amides is 1. The van der Waals surface area contributed by atoms with Gasteiger partial charge in [-0.2, -0.15) is 0 Å². The van der Waals surface area contributed by atoms with Gasteiger partial charge in [0.1, 0.15) is 0 Å². The molecule has 0 bridgehead atoms. The lowest BCUT2D eigenvalue weighted by molar-refractivity contribution is -0.149. The fraction of sp³-hybridized carbons (Fsp3) is 0.800. The van der Waals surface area contributed by atoms with Gasteiger partial charge in [-0.1, -0.05) is 0 Å². The Kier molecular flexibility index (Phi) is 2.83. The number of carboxylic acids is 1. The molecule has 4 heteroatoms. The van der Waals surface area contributed by atoms with Crippen molar-refractivity contribution in [2.24, 2.45) is 11.3 Å². The van der Waals surface area contributed by atoms with Crippen LogP contribution in [0.15, 0.2) is 0 Å². The molecule has 14 heavy (non-hydrogen) atoms. The van der Waals surface area contributed by atoms with Gasteiger partial charge in [0.05, 0.1) is 5.41 Å². The standard InChI is InChI=1S/C10H17NO3/c1-6(12)11-8(7-4-5-7)10(2,3)9(13)14/h7-8H,4-5H2,1-3H3,(H,11,12)(H,13,14). The number of nitrogens with one attached hydrogen (secondary N) is 1. The first-order valence-corrected chi connectivity index (χ1v) is 4.86. The molecule has 1 rings (SSSR count). The highest BCUT2D eigenvalue weighted by atomic mass is 16.4. The number of carbonyl (C=O) groups is 2. The highest BCUT2D eigenvalue weighted by molar-refractivity contribution is 5.78. The van der Waals surface area contributed by atoms with E-state index in [4.69, 9.17) is 5.11 Å². The van der Waals surface area contributed by atoms with Gasteiger partial charge in [-0.3, -0.25) is 9.59 Å². The Hall–Kier alpha value is -1.06. The fourth-order valence-corrected chi connectivity index (χ4v) is 1.67. The average Bonchev–Trinajstić information content (AvgIpc) is 2.81. The Bertz CT molecular complexity index is 256. The Labute approximate surface area is 83.7 Å². The summed E-state index contributed by atoms with van der Waals surface area (Å²) in [5.74, 6) is -0.677. The first-order valence-electron chi connectivity index (χ1n) is 4.86. The van der Waals surface area contributed by atoms with Crippen LogP contribution in [-0.4, -0.2) is 23.0 Å². The van der Waals surface area contributed by atoms with Crippen molar-refractivity contribution in [3.05, 3.63) is 0 Å². The molecule has 1 atom stereocenters. The molecule has 0 spiro atoms. The lowest BCUT2D eigenvalue weighted by Gasteiger charge is -2.30. The molecule has 0 saturated heterocycles. The Balaban J connectivity index is 2.75. The van der Waals surface area contributed by atoms with E-state index >= 15 is 0 Å². The largest absolute Gasteiger partial charge is 0.481 e. The van der Waals surface area contributed by atoms with Crippen molar-refractivity contribution in [2.75, 3.05) is 0 Å². The smallest absolute Gasteiger partial charge is 0.311 e. The van der Waals surface area contributed by atoms with E-state index in [1.165, 1.54) is 6.92 Å². The minimum Gasteiger partial charge on any atom is -0.481 e. The van der Waals surface area contributed by atoms with Crippen LogP contribution < -0.4 is 5.32 Å². The number of hydrogen-bond donors (Lipinski definition) is 2. The highest BCUT2D eigenvalue weighted by Gasteiger charge is 2.45. The third-order valence-electron chi connectivity index (χ3n) is 2.78. The summed E-state index contributed by atoms with van der Waals surface area (Å²) in [6, 6.07) is -0.238. The van der Waals surface area contributed by atoms with Crippen LogP contribution in [0.1, 0.15) is 33.6 Å². The second-order valence-electron chi connectivity index (χ2n) is 4.54. The quantitative estimate of drug-likeness (QED) is 0.710. The summed E-state index contributed by atoms with van der Waals surface area (Å²) in [7, 11) is 0. The summed E-state index contributed by atoms with van der Waals surface area (Å²) in [5, 5.41) is 11.8. The van der Waals surface area contributed by atoms with E-state index in [-0.39, 0.29) is 11.9 Å². The molecule has 4 nitrogen and oxygen atoms in total. The summed E-state index contributed by atoms with van der Waals surface area (Å²) in [4.78, 5) is 22.0. The summed E-state index contributed by atoms with van der Waals surface area (Å²) in [6.07, 6.45) is 2.03. The molecule has 80 valence electrons. The highest BCUT2D eigenvalue weighted by Crippen LogP contribution is 2.40. The predicted octanol–water partition coefficient (Wildman–Crippen LogP) is 1.01. The molecule has 1 saturated carbocycles. The Morgan fingerprint density at radius 3 is 2.21 bits per heavy atom. The van der Waals surface area contributed by atoms with E-state index in [1.54, 1.807) is 13.8 Å². The summed E-state index contributed by atoms with van der Waals surface area (Å²) < 4.78 is 0. The van der Waals surface area contributed by atoms with Crippen LogP contribution in [0.3, 0.4) is 0 Å². The zero-order chi connectivity index (χ0) is 10.9. The maximum absolute atomic E-state index is 11.0. The van der Waals surface area contributed by atoms with Gasteiger partial charge in [-0.25, -0.2) is 0 Å². The Morgan fingerprint density at radius 1 is 1.43 bits per heavy atom. The number of carboxylic acid groups (broad SMARTS) is 1. The lowest BCUT2D eigenvalue weighted by atomic mass is 9.81. The third kappa shape index (κ3) is 2.25. The fourth-order valence-electron chi connectivity index (χ4n) is 1.67. The van der Waals surface area contributed by atoms with E-state index in [0.717, 1.165) is 12.8 Å². The van der Waals surface area contributed by atoms with Crippen LogP contribution in [0.25, 0.3) is 0 Å². The number of carbonyl (C=O) groups excluding carboxylic acids is 1. The van der Waals surface area contributed by atoms with Gasteiger partial charge in [-0.15, -0.1) is 0 Å². The summed E-state index contributed by atoms with van der Waals surface area (Å²) in [6.45, 7) is 4.75. The molecule has 1 fully saturated rings. The topological polar surface area (TPSA) is 66.4 Å². The van der Waals surface area contributed by atoms with E-state index < -0.39 is 11.4 Å². The maximum atomic E-state index is 11.0. The molecule has 0 aliphatic heterocycles. The predicted molar refractivity (Wildman–Crippen MR) is 51.7 cm³/mol. The first kappa shape index (κ1) is 11.0. The third-order valence-corrected chi connectivity index (χ3v) is 2.78. The minimum absolute atomic E-state index is 0.156. The molecule has 1 aliphatic carbocycles. The van der Waals surface area contributed by atoms with Gasteiger partial charge in [0.2, 0.25) is 5.91 Å². The SMILES string of the molecule is CC(=O)NC(C1CC1)C(C)(C)C(=O)O. The Morgan fingerprint density at radius 2 is 1.93 bits per heavy atom. The van der Waals surface area contributed by atoms with Crippen LogP contribution >= 0.6 is 0 Å². The van der Waals surface area contributed by atoms with Crippen molar-refractivity contribution in [1.29, 1.82) is 0 Å². The molecule has 1 aliphatic rings. The van der Waals surface area contributed by atoms with Crippen molar-refractivity contribution in [3.63, 3.8) is 0 Å². The number of aliphatic carboxylic acids is 1. The van der Waals surface area contributed by atoms with Crippen molar-refractivity contribution in [3.8, 4) is 0 Å². The summed E-state index contributed by atoms with van der Waals surface area (Å²) >= 11 is 0. The minimum atomic E-state index is -0.882. The molecule has 1 unspecified atom stereocenters. The van der Waals surface area contributed by atoms with Crippen molar-refractivity contribution in [2.45, 2.75) is 39.7 Å². The van der Waals surface area contributed by atoms with Gasteiger partial charge in [0.15, 0.2) is 0 Å². The monoisotopic (exact) mass is 199 g/mol. The van der Waals surface area contributed by atoms with Crippen LogP contribution in [0.4, 0.5) is 0 Å².